The number of phenols is 25. The molecule has 754 valence electrons. The zero-order chi connectivity index (χ0) is 105. The number of phenolic OH excluding ortho intramolecular Hbond substituents is 25. The van der Waals surface area contributed by atoms with Gasteiger partial charge in [0.2, 0.25) is 41.1 Å². The quantitative estimate of drug-likeness (QED) is 0.0163. The topological polar surface area (TPSA) is 837 Å². The molecular formula is C94H73NO50. The first-order valence-corrected chi connectivity index (χ1v) is 41.5. The second-order valence-corrected chi connectivity index (χ2v) is 32.6. The Bertz CT molecular complexity index is 7210. The Balaban J connectivity index is 0.000000592. The van der Waals surface area contributed by atoms with Crippen molar-refractivity contribution < 1.29 is 247 Å². The third kappa shape index (κ3) is 18.7. The van der Waals surface area contributed by atoms with Gasteiger partial charge in [-0.3, -0.25) is 4.79 Å². The van der Waals surface area contributed by atoms with Crippen LogP contribution in [0.2, 0.25) is 0 Å². The molecule has 1 spiro atoms. The van der Waals surface area contributed by atoms with Crippen LogP contribution in [0.25, 0.3) is 0 Å². The fraction of sp³-hybridized carbons (Fsp3) is 0.181. The highest BCUT2D eigenvalue weighted by molar-refractivity contribution is 6.01. The van der Waals surface area contributed by atoms with Crippen LogP contribution in [0.4, 0.5) is 0 Å². The molecule has 11 aromatic rings. The molecule has 0 unspecified atom stereocenters. The van der Waals surface area contributed by atoms with E-state index in [4.69, 9.17) is 61.6 Å². The average Bonchev–Trinajstić information content (AvgIpc) is 1.52. The van der Waals surface area contributed by atoms with E-state index in [-0.39, 0.29) is 11.8 Å². The molecule has 0 aromatic heterocycles. The molecule has 0 amide bonds. The fourth-order valence-corrected chi connectivity index (χ4v) is 16.5. The second kappa shape index (κ2) is 38.2. The number of Topliss-reactive ketones (excluding diaryl/α,β-unsaturated/α-hetero) is 1. The largest absolute Gasteiger partial charge is 0.504 e. The minimum absolute atomic E-state index is 0.0438. The van der Waals surface area contributed by atoms with Gasteiger partial charge in [-0.15, -0.1) is 0 Å². The highest BCUT2D eigenvalue weighted by Gasteiger charge is 2.73. The Morgan fingerprint density at radius 2 is 0.614 bits per heavy atom. The summed E-state index contributed by atoms with van der Waals surface area (Å²) in [7, 11) is 3.70. The van der Waals surface area contributed by atoms with Gasteiger partial charge in [-0.05, 0) is 166 Å². The number of rotatable bonds is 22. The van der Waals surface area contributed by atoms with E-state index in [2.05, 4.69) is 18.0 Å². The van der Waals surface area contributed by atoms with Crippen molar-refractivity contribution >= 4 is 65.5 Å². The molecule has 3 fully saturated rings. The Kier molecular flexibility index (Phi) is 26.3. The van der Waals surface area contributed by atoms with Crippen molar-refractivity contribution in [1.82, 2.24) is 4.90 Å². The SMILES string of the molecule is COc1ccc2c3c1O[C@H]1C(=O)CC[C@@]4(O)[C@@H](C2)N(C)CC[C@]314.O=C(OC[C@H]1O[C@@H](OC(=O)c2cc(O)c(O)c(OC(=O)c3cc(O)c(O)c(O)c3)c2)[C@H](OC(=O)c2cc(O)c(O)c(OC(=O)c3cc(O)c(O)c(O)c3)c2)[C@@H](OC(=O)c2cc(O)c(O)c(OC(=O)c3cc(O)c(O)c(O)c3)c2)[C@@H]1OC(=O)c1cc(O)c(O)c(OC(=O)c2cc(O)c(O)c(O)c2)c1)c1cc(O)c(O)c(OC(=O)c2cc(O)c(O)c(O)c2)c1. The predicted molar refractivity (Wildman–Crippen MR) is 466 cm³/mol. The molecule has 3 aliphatic heterocycles. The predicted octanol–water partition coefficient (Wildman–Crippen LogP) is 5.89. The Morgan fingerprint density at radius 1 is 0.338 bits per heavy atom. The first kappa shape index (κ1) is 99.7. The molecule has 145 heavy (non-hydrogen) atoms. The lowest BCUT2D eigenvalue weighted by molar-refractivity contribution is -0.282. The van der Waals surface area contributed by atoms with Crippen LogP contribution in [-0.4, -0.2) is 279 Å². The summed E-state index contributed by atoms with van der Waals surface area (Å²) in [6.45, 7) is -0.837. The molecule has 2 bridgehead atoms. The molecule has 16 rings (SSSR count). The summed E-state index contributed by atoms with van der Waals surface area (Å²) in [4.78, 5) is 157. The molecule has 26 N–H and O–H groups in total. The molecule has 0 radical (unpaired) electrons. The first-order valence-electron chi connectivity index (χ1n) is 41.5. The van der Waals surface area contributed by atoms with Gasteiger partial charge in [0, 0.05) is 18.0 Å². The number of likely N-dealkylation sites (tertiary alicyclic amines) is 1. The van der Waals surface area contributed by atoms with Gasteiger partial charge in [-0.2, -0.15) is 0 Å². The van der Waals surface area contributed by atoms with Crippen LogP contribution in [0.1, 0.15) is 134 Å². The third-order valence-electron chi connectivity index (χ3n) is 23.6. The number of aromatic hydroxyl groups is 25. The van der Waals surface area contributed by atoms with Gasteiger partial charge in [0.05, 0.1) is 73.8 Å². The number of hydrogen-bond acceptors (Lipinski definition) is 51. The van der Waals surface area contributed by atoms with Crippen molar-refractivity contribution in [3.63, 3.8) is 0 Å². The highest BCUT2D eigenvalue weighted by Crippen LogP contribution is 2.65. The van der Waals surface area contributed by atoms with Crippen molar-refractivity contribution in [3.8, 4) is 184 Å². The zero-order valence-electron chi connectivity index (χ0n) is 73.4. The molecule has 1 saturated carbocycles. The molecule has 5 aliphatic rings. The maximum Gasteiger partial charge on any atom is 0.343 e. The monoisotopic (exact) mass is 2020 g/mol. The molecule has 9 atom stereocenters. The first-order chi connectivity index (χ1) is 68.4. The summed E-state index contributed by atoms with van der Waals surface area (Å²) in [6.07, 6.45) is -13.2. The average molecular weight is 2020 g/mol. The maximum atomic E-state index is 15.3. The van der Waals surface area contributed by atoms with E-state index in [1.54, 1.807) is 7.11 Å². The number of ketones is 1. The van der Waals surface area contributed by atoms with Crippen LogP contribution in [0.5, 0.6) is 184 Å². The Morgan fingerprint density at radius 3 is 0.924 bits per heavy atom. The highest BCUT2D eigenvalue weighted by atomic mass is 16.8. The van der Waals surface area contributed by atoms with E-state index < -0.39 is 342 Å². The molecule has 3 heterocycles. The number of esters is 10. The number of carbonyl (C=O) groups excluding carboxylic acids is 11. The van der Waals surface area contributed by atoms with Gasteiger partial charge in [-0.25, -0.2) is 47.9 Å². The van der Waals surface area contributed by atoms with Crippen molar-refractivity contribution in [3.05, 3.63) is 200 Å². The van der Waals surface area contributed by atoms with E-state index in [1.165, 1.54) is 5.56 Å². The van der Waals surface area contributed by atoms with Gasteiger partial charge in [0.25, 0.3) is 0 Å². The third-order valence-corrected chi connectivity index (χ3v) is 23.6. The number of ether oxygens (including phenoxy) is 13. The van der Waals surface area contributed by atoms with Crippen LogP contribution in [0.3, 0.4) is 0 Å². The van der Waals surface area contributed by atoms with Crippen molar-refractivity contribution in [2.45, 2.75) is 79.6 Å². The van der Waals surface area contributed by atoms with Crippen LogP contribution in [0.15, 0.2) is 133 Å². The minimum Gasteiger partial charge on any atom is -0.504 e. The number of hydrogen-bond donors (Lipinski definition) is 26. The van der Waals surface area contributed by atoms with E-state index in [1.807, 2.05) is 6.07 Å². The summed E-state index contributed by atoms with van der Waals surface area (Å²) in [6, 6.07) is 12.6. The number of methoxy groups -OCH3 is 1. The van der Waals surface area contributed by atoms with Crippen LogP contribution >= 0.6 is 0 Å². The van der Waals surface area contributed by atoms with Crippen molar-refractivity contribution in [2.75, 3.05) is 27.3 Å². The second-order valence-electron chi connectivity index (χ2n) is 32.6. The zero-order valence-corrected chi connectivity index (χ0v) is 73.4. The molecule has 51 nitrogen and oxygen atoms in total. The summed E-state index contributed by atoms with van der Waals surface area (Å²) < 4.78 is 72.1. The van der Waals surface area contributed by atoms with E-state index in [0.717, 1.165) is 24.9 Å². The smallest absolute Gasteiger partial charge is 0.343 e. The Labute approximate surface area is 805 Å². The lowest BCUT2D eigenvalue weighted by Gasteiger charge is -2.62. The number of likely N-dealkylation sites (N-methyl/N-ethyl adjacent to an activating group) is 1. The molecule has 11 aromatic carbocycles. The van der Waals surface area contributed by atoms with Gasteiger partial charge in [0.1, 0.15) is 12.7 Å². The van der Waals surface area contributed by atoms with E-state index >= 15 is 14.4 Å². The van der Waals surface area contributed by atoms with Crippen LogP contribution in [0, 0.1) is 0 Å². The van der Waals surface area contributed by atoms with Gasteiger partial charge in [-0.1, -0.05) is 6.07 Å². The van der Waals surface area contributed by atoms with E-state index in [0.29, 0.717) is 146 Å². The van der Waals surface area contributed by atoms with Crippen LogP contribution in [-0.2, 0) is 45.1 Å². The van der Waals surface area contributed by atoms with Crippen molar-refractivity contribution in [1.29, 1.82) is 0 Å². The molecular weight excluding hydrogens is 1940 g/mol. The summed E-state index contributed by atoms with van der Waals surface area (Å²) in [5, 5.41) is 273. The van der Waals surface area contributed by atoms with Crippen molar-refractivity contribution in [2.24, 2.45) is 0 Å². The maximum absolute atomic E-state index is 15.3. The van der Waals surface area contributed by atoms with Crippen LogP contribution < -0.4 is 33.2 Å². The van der Waals surface area contributed by atoms with Gasteiger partial charge in [0.15, 0.2) is 179 Å². The van der Waals surface area contributed by atoms with E-state index in [9.17, 15) is 171 Å². The number of benzene rings is 11. The van der Waals surface area contributed by atoms with Gasteiger partial charge >= 0.3 is 59.7 Å². The summed E-state index contributed by atoms with van der Waals surface area (Å²) >= 11 is 0. The molecule has 51 heteroatoms. The minimum atomic E-state index is -3.12. The standard InChI is InChI=1S/C76H52O46.C18H21NO4/c77-32-1-22(2-33(78)53(32)92)67(103)113-47-16-27(11-42(87)58(47)97)66(102)112-21-52-63(119-72(108)28-12-43(88)59(98)48(17-28)114-68(104)23-3-34(79)54(93)35(80)4-23)64(120-73(109)29-13-44(89)60(99)49(18-29)115-69(105)24-5-36(81)55(94)37(82)6-24)65(121-74(110)30-14-45(90)61(100)50(19-30)116-70(106)25-7-38(83)56(95)39(84)8-25)76(118-52)122-75(111)31-15-46(91)62(101)51(20-31)117-71(107)26-9-40(85)57(96)41(86)10-26;1-19-8-7-17-14-10-3-4-12(22-2)15(14)23-16(17)11(20)5-6-18(17,21)13(19)9-10/h1-20,52,63-65,76-101H,21H2;3-4,13,16,21H,5-9H2,1-2H3/t52-,63-,64+,65-,76+;13-,16+,17+,18-/m11/s1. The number of piperidine rings is 1. The summed E-state index contributed by atoms with van der Waals surface area (Å²) in [5.41, 5.74) is -9.15. The lowest BCUT2D eigenvalue weighted by atomic mass is 9.49. The Hall–Kier alpha value is -19.7. The summed E-state index contributed by atoms with van der Waals surface area (Å²) in [5.74, 6) is -54.5. The van der Waals surface area contributed by atoms with Gasteiger partial charge < -0.3 is 199 Å². The number of aliphatic hydroxyl groups is 1. The normalized spacial score (nSPS) is 18.8. The number of nitrogens with zero attached hydrogens (tertiary/aromatic N) is 1. The molecule has 2 saturated heterocycles. The lowest BCUT2D eigenvalue weighted by Crippen LogP contribution is -2.76. The fourth-order valence-electron chi connectivity index (χ4n) is 16.5. The molecule has 2 aliphatic carbocycles. The number of carbonyl (C=O) groups is 11.